The van der Waals surface area contributed by atoms with E-state index in [1.165, 1.54) is 47.5 Å². The summed E-state index contributed by atoms with van der Waals surface area (Å²) in [6.45, 7) is 6.42. The van der Waals surface area contributed by atoms with Crippen molar-refractivity contribution in [2.75, 3.05) is 9.80 Å². The second kappa shape index (κ2) is 15.2. The van der Waals surface area contributed by atoms with Crippen molar-refractivity contribution in [3.63, 3.8) is 0 Å². The molecule has 0 saturated heterocycles. The van der Waals surface area contributed by atoms with Crippen molar-refractivity contribution in [1.82, 2.24) is 0 Å². The molecule has 0 aliphatic carbocycles. The highest BCUT2D eigenvalue weighted by Gasteiger charge is 2.28. The second-order valence-electron chi connectivity index (χ2n) is 16.7. The fourth-order valence-corrected chi connectivity index (χ4v) is 10.8. The molecule has 0 unspecified atom stereocenters. The van der Waals surface area contributed by atoms with Gasteiger partial charge in [-0.3, -0.25) is 0 Å². The Morgan fingerprint density at radius 2 is 0.922 bits per heavy atom. The summed E-state index contributed by atoms with van der Waals surface area (Å²) >= 11 is 1.86. The Morgan fingerprint density at radius 1 is 0.422 bits per heavy atom. The smallest absolute Gasteiger partial charge is 0.159 e. The van der Waals surface area contributed by atoms with Gasteiger partial charge in [0, 0.05) is 32.9 Å². The van der Waals surface area contributed by atoms with E-state index in [0.717, 1.165) is 78.5 Å². The number of nitrogens with zero attached hydrogens (tertiary/aromatic N) is 2. The number of thiophene rings is 1. The monoisotopic (exact) mass is 842 g/mol. The zero-order valence-electron chi connectivity index (χ0n) is 35.7. The highest BCUT2D eigenvalue weighted by molar-refractivity contribution is 7.27. The van der Waals surface area contributed by atoms with Crippen molar-refractivity contribution in [3.05, 3.63) is 217 Å². The third-order valence-corrected chi connectivity index (χ3v) is 13.7. The lowest BCUT2D eigenvalue weighted by Gasteiger charge is -2.29. The van der Waals surface area contributed by atoms with Crippen LogP contribution in [0.2, 0.25) is 0 Å². The molecule has 5 heteroatoms. The van der Waals surface area contributed by atoms with Crippen LogP contribution in [0.5, 0.6) is 11.5 Å². The average Bonchev–Trinajstić information content (AvgIpc) is 3.93. The third kappa shape index (κ3) is 6.19. The van der Waals surface area contributed by atoms with Gasteiger partial charge in [0.1, 0.15) is 11.3 Å². The molecule has 12 aromatic rings. The maximum atomic E-state index is 6.86. The first-order valence-electron chi connectivity index (χ1n) is 21.7. The van der Waals surface area contributed by atoms with E-state index in [0.29, 0.717) is 0 Å². The number of hydrogen-bond acceptors (Lipinski definition) is 5. The zero-order valence-corrected chi connectivity index (χ0v) is 36.5. The van der Waals surface area contributed by atoms with Crippen LogP contribution in [0.3, 0.4) is 0 Å². The lowest BCUT2D eigenvalue weighted by atomic mass is 9.97. The van der Waals surface area contributed by atoms with Crippen molar-refractivity contribution in [1.29, 1.82) is 0 Å². The number of para-hydroxylation sites is 4. The van der Waals surface area contributed by atoms with Crippen molar-refractivity contribution < 1.29 is 9.15 Å². The minimum absolute atomic E-state index is 0.791. The van der Waals surface area contributed by atoms with Gasteiger partial charge in [-0.05, 0) is 115 Å². The van der Waals surface area contributed by atoms with Gasteiger partial charge in [0.2, 0.25) is 0 Å². The number of ether oxygens (including phenoxy) is 1. The SMILES string of the molecule is Cc1ccc(N(c2cccc(C)c2Oc2ccccc2)c2cc3ccccc3c3c2sc2c(N(c4ccc(C)cc4)c4cccc5c4oc4ccccc45)cc4ccccc4c23)cc1. The Kier molecular flexibility index (Phi) is 8.99. The summed E-state index contributed by atoms with van der Waals surface area (Å²) in [6.07, 6.45) is 0. The number of aryl methyl sites for hydroxylation is 3. The van der Waals surface area contributed by atoms with Crippen LogP contribution in [0, 0.1) is 20.8 Å². The summed E-state index contributed by atoms with van der Waals surface area (Å²) in [5, 5.41) is 9.41. The lowest BCUT2D eigenvalue weighted by molar-refractivity contribution is 0.480. The topological polar surface area (TPSA) is 28.9 Å². The minimum Gasteiger partial charge on any atom is -0.455 e. The Hall–Kier alpha value is -7.86. The maximum Gasteiger partial charge on any atom is 0.159 e. The molecular formula is C59H42N2O2S. The minimum atomic E-state index is 0.791. The molecule has 64 heavy (non-hydrogen) atoms. The van der Waals surface area contributed by atoms with E-state index in [9.17, 15) is 0 Å². The van der Waals surface area contributed by atoms with Crippen LogP contribution in [-0.4, -0.2) is 0 Å². The molecule has 306 valence electrons. The van der Waals surface area contributed by atoms with Gasteiger partial charge in [-0.2, -0.15) is 0 Å². The fourth-order valence-electron chi connectivity index (χ4n) is 9.43. The summed E-state index contributed by atoms with van der Waals surface area (Å²) in [5.74, 6) is 1.60. The molecule has 2 aromatic heterocycles. The molecule has 10 aromatic carbocycles. The molecule has 0 N–H and O–H groups in total. The van der Waals surface area contributed by atoms with Gasteiger partial charge < -0.3 is 19.0 Å². The van der Waals surface area contributed by atoms with E-state index >= 15 is 0 Å². The lowest BCUT2D eigenvalue weighted by Crippen LogP contribution is -2.12. The van der Waals surface area contributed by atoms with Crippen molar-refractivity contribution in [3.8, 4) is 11.5 Å². The van der Waals surface area contributed by atoms with E-state index in [1.54, 1.807) is 0 Å². The summed E-state index contributed by atoms with van der Waals surface area (Å²) < 4.78 is 16.0. The molecule has 2 heterocycles. The highest BCUT2D eigenvalue weighted by atomic mass is 32.1. The molecule has 0 spiro atoms. The molecule has 0 amide bonds. The van der Waals surface area contributed by atoms with Crippen LogP contribution in [0.15, 0.2) is 205 Å². The molecule has 0 bridgehead atoms. The molecule has 4 nitrogen and oxygen atoms in total. The van der Waals surface area contributed by atoms with Gasteiger partial charge in [0.05, 0.1) is 32.1 Å². The Labute approximate surface area is 375 Å². The number of rotatable bonds is 8. The summed E-state index contributed by atoms with van der Waals surface area (Å²) in [4.78, 5) is 4.82. The van der Waals surface area contributed by atoms with Crippen LogP contribution in [0.1, 0.15) is 16.7 Å². The highest BCUT2D eigenvalue weighted by Crippen LogP contribution is 2.55. The average molecular weight is 843 g/mol. The van der Waals surface area contributed by atoms with E-state index in [2.05, 4.69) is 194 Å². The van der Waals surface area contributed by atoms with Crippen LogP contribution in [0.25, 0.3) is 63.7 Å². The maximum absolute atomic E-state index is 6.86. The number of hydrogen-bond donors (Lipinski definition) is 0. The van der Waals surface area contributed by atoms with Crippen LogP contribution in [-0.2, 0) is 0 Å². The van der Waals surface area contributed by atoms with Gasteiger partial charge in [-0.1, -0.05) is 145 Å². The van der Waals surface area contributed by atoms with Gasteiger partial charge >= 0.3 is 0 Å². The van der Waals surface area contributed by atoms with Crippen LogP contribution in [0.4, 0.5) is 34.1 Å². The summed E-state index contributed by atoms with van der Waals surface area (Å²) in [5.41, 5.74) is 11.4. The predicted octanol–water partition coefficient (Wildman–Crippen LogP) is 17.9. The molecule has 0 saturated carbocycles. The molecule has 0 radical (unpaired) electrons. The van der Waals surface area contributed by atoms with Crippen molar-refractivity contribution in [2.45, 2.75) is 20.8 Å². The fraction of sp³-hybridized carbons (Fsp3) is 0.0508. The zero-order chi connectivity index (χ0) is 42.9. The number of benzene rings is 10. The Balaban J connectivity index is 1.22. The number of furan rings is 1. The summed E-state index contributed by atoms with van der Waals surface area (Å²) in [7, 11) is 0. The molecular weight excluding hydrogens is 801 g/mol. The summed E-state index contributed by atoms with van der Waals surface area (Å²) in [6, 6.07) is 71.6. The number of anilines is 6. The van der Waals surface area contributed by atoms with Gasteiger partial charge in [-0.25, -0.2) is 0 Å². The van der Waals surface area contributed by atoms with E-state index in [4.69, 9.17) is 9.15 Å². The first kappa shape index (κ1) is 37.9. The largest absolute Gasteiger partial charge is 0.455 e. The van der Waals surface area contributed by atoms with Crippen LogP contribution < -0.4 is 14.5 Å². The molecule has 0 atom stereocenters. The number of fused-ring (bicyclic) bond motifs is 10. The van der Waals surface area contributed by atoms with Crippen molar-refractivity contribution >= 4 is 109 Å². The van der Waals surface area contributed by atoms with Gasteiger partial charge in [-0.15, -0.1) is 11.3 Å². The normalized spacial score (nSPS) is 11.7. The van der Waals surface area contributed by atoms with E-state index in [-0.39, 0.29) is 0 Å². The third-order valence-electron chi connectivity index (χ3n) is 12.5. The van der Waals surface area contributed by atoms with E-state index < -0.39 is 0 Å². The standard InChI is InChI=1S/C59H42N2O2S/c1-37-27-31-42(32-28-37)60(49-24-13-15-39(3)56(49)62-44-18-5-4-6-19-44)51-35-40-16-7-9-20-45(40)54-55-46-21-10-8-17-41(46)36-52(59(55)64-58(51)54)61(43-33-29-38(2)30-34-43)50-25-14-23-48-47-22-11-12-26-53(47)63-57(48)50/h4-36H,1-3H3. The quantitative estimate of drug-likeness (QED) is 0.152. The van der Waals surface area contributed by atoms with Gasteiger partial charge in [0.25, 0.3) is 0 Å². The molecule has 0 fully saturated rings. The first-order chi connectivity index (χ1) is 31.5. The molecule has 12 rings (SSSR count). The van der Waals surface area contributed by atoms with E-state index in [1.807, 2.05) is 47.7 Å². The van der Waals surface area contributed by atoms with Gasteiger partial charge in [0.15, 0.2) is 11.3 Å². The first-order valence-corrected chi connectivity index (χ1v) is 22.6. The second-order valence-corrected chi connectivity index (χ2v) is 17.7. The molecule has 0 aliphatic rings. The Morgan fingerprint density at radius 3 is 1.55 bits per heavy atom. The molecule has 0 aliphatic heterocycles. The van der Waals surface area contributed by atoms with Crippen LogP contribution >= 0.6 is 11.3 Å². The predicted molar refractivity (Wildman–Crippen MR) is 272 cm³/mol. The van der Waals surface area contributed by atoms with Crippen molar-refractivity contribution in [2.24, 2.45) is 0 Å². The Bertz CT molecular complexity index is 3740.